The van der Waals surface area contributed by atoms with Crippen molar-refractivity contribution in [1.82, 2.24) is 5.43 Å². The number of carbonyl (C=O) groups excluding carboxylic acids is 1. The maximum absolute atomic E-state index is 12.3. The Balaban J connectivity index is 2.17. The van der Waals surface area contributed by atoms with Crippen LogP contribution in [0.2, 0.25) is 0 Å². The molecule has 22 heavy (non-hydrogen) atoms. The second kappa shape index (κ2) is 6.71. The highest BCUT2D eigenvalue weighted by molar-refractivity contribution is 5.95. The third-order valence-electron chi connectivity index (χ3n) is 3.22. The van der Waals surface area contributed by atoms with E-state index in [9.17, 15) is 14.9 Å². The van der Waals surface area contributed by atoms with Crippen molar-refractivity contribution in [2.45, 2.75) is 13.8 Å². The highest BCUT2D eigenvalue weighted by atomic mass is 16.6. The number of hydrogen-bond acceptors (Lipinski definition) is 4. The summed E-state index contributed by atoms with van der Waals surface area (Å²) in [6.07, 6.45) is 0. The number of rotatable bonds is 5. The van der Waals surface area contributed by atoms with Gasteiger partial charge in [0, 0.05) is 24.2 Å². The SMILES string of the molecule is CCN(NC(=O)c1cccc([N+](=O)[O-])c1)c1ccc(C)cc1. The Morgan fingerprint density at radius 3 is 2.50 bits per heavy atom. The Hall–Kier alpha value is -2.89. The first-order valence-electron chi connectivity index (χ1n) is 6.91. The van der Waals surface area contributed by atoms with Crippen LogP contribution in [0.1, 0.15) is 22.8 Å². The van der Waals surface area contributed by atoms with Crippen molar-refractivity contribution in [3.8, 4) is 0 Å². The van der Waals surface area contributed by atoms with Crippen LogP contribution >= 0.6 is 0 Å². The third-order valence-corrected chi connectivity index (χ3v) is 3.22. The van der Waals surface area contributed by atoms with Crippen molar-refractivity contribution in [3.05, 3.63) is 69.8 Å². The lowest BCUT2D eigenvalue weighted by Crippen LogP contribution is -2.42. The van der Waals surface area contributed by atoms with Gasteiger partial charge in [-0.15, -0.1) is 0 Å². The summed E-state index contributed by atoms with van der Waals surface area (Å²) < 4.78 is 0. The first-order valence-corrected chi connectivity index (χ1v) is 6.91. The number of nitro benzene ring substituents is 1. The summed E-state index contributed by atoms with van der Waals surface area (Å²) in [7, 11) is 0. The van der Waals surface area contributed by atoms with Gasteiger partial charge in [-0.25, -0.2) is 0 Å². The molecule has 2 aromatic rings. The standard InChI is InChI=1S/C16H17N3O3/c1-3-18(14-9-7-12(2)8-10-14)17-16(20)13-5-4-6-15(11-13)19(21)22/h4-11H,3H2,1-2H3,(H,17,20). The highest BCUT2D eigenvalue weighted by Gasteiger charge is 2.14. The average molecular weight is 299 g/mol. The maximum atomic E-state index is 12.3. The molecule has 0 atom stereocenters. The van der Waals surface area contributed by atoms with Crippen molar-refractivity contribution in [3.63, 3.8) is 0 Å². The van der Waals surface area contributed by atoms with Gasteiger partial charge in [-0.05, 0) is 32.0 Å². The molecular formula is C16H17N3O3. The summed E-state index contributed by atoms with van der Waals surface area (Å²) in [5, 5.41) is 12.5. The van der Waals surface area contributed by atoms with Crippen LogP contribution in [0.15, 0.2) is 48.5 Å². The fourth-order valence-corrected chi connectivity index (χ4v) is 2.00. The molecule has 1 amide bonds. The molecule has 0 bridgehead atoms. The van der Waals surface area contributed by atoms with Gasteiger partial charge in [-0.2, -0.15) is 0 Å². The molecule has 0 heterocycles. The molecule has 0 aliphatic rings. The number of carbonyl (C=O) groups is 1. The van der Waals surface area contributed by atoms with E-state index in [1.54, 1.807) is 11.1 Å². The zero-order valence-corrected chi connectivity index (χ0v) is 12.4. The van der Waals surface area contributed by atoms with Gasteiger partial charge < -0.3 is 0 Å². The molecule has 2 rings (SSSR count). The van der Waals surface area contributed by atoms with Crippen molar-refractivity contribution >= 4 is 17.3 Å². The number of benzene rings is 2. The Bertz CT molecular complexity index is 683. The van der Waals surface area contributed by atoms with Crippen LogP contribution < -0.4 is 10.4 Å². The van der Waals surface area contributed by atoms with Crippen LogP contribution in [0.3, 0.4) is 0 Å². The lowest BCUT2D eigenvalue weighted by Gasteiger charge is -2.24. The number of anilines is 1. The Morgan fingerprint density at radius 2 is 1.91 bits per heavy atom. The molecule has 0 aromatic heterocycles. The van der Waals surface area contributed by atoms with E-state index in [0.717, 1.165) is 11.3 Å². The van der Waals surface area contributed by atoms with Crippen LogP contribution in [0, 0.1) is 17.0 Å². The maximum Gasteiger partial charge on any atom is 0.270 e. The molecule has 0 aliphatic carbocycles. The Morgan fingerprint density at radius 1 is 1.23 bits per heavy atom. The van der Waals surface area contributed by atoms with Crippen molar-refractivity contribution in [1.29, 1.82) is 0 Å². The summed E-state index contributed by atoms with van der Waals surface area (Å²) in [6.45, 7) is 4.47. The highest BCUT2D eigenvalue weighted by Crippen LogP contribution is 2.15. The van der Waals surface area contributed by atoms with E-state index >= 15 is 0 Å². The number of hydrogen-bond donors (Lipinski definition) is 1. The zero-order valence-electron chi connectivity index (χ0n) is 12.4. The number of aryl methyl sites for hydroxylation is 1. The van der Waals surface area contributed by atoms with E-state index in [1.807, 2.05) is 38.1 Å². The Labute approximate surface area is 128 Å². The molecule has 0 unspecified atom stereocenters. The molecule has 0 spiro atoms. The van der Waals surface area contributed by atoms with Crippen LogP contribution in [-0.2, 0) is 0 Å². The lowest BCUT2D eigenvalue weighted by atomic mass is 10.2. The average Bonchev–Trinajstić information content (AvgIpc) is 2.53. The van der Waals surface area contributed by atoms with Crippen LogP contribution in [0.5, 0.6) is 0 Å². The first kappa shape index (κ1) is 15.5. The Kier molecular flexibility index (Phi) is 4.73. The van der Waals surface area contributed by atoms with Gasteiger partial charge >= 0.3 is 0 Å². The summed E-state index contributed by atoms with van der Waals surface area (Å²) in [5.41, 5.74) is 4.88. The number of non-ortho nitro benzene ring substituents is 1. The van der Waals surface area contributed by atoms with Gasteiger partial charge in [0.15, 0.2) is 0 Å². The molecule has 6 nitrogen and oxygen atoms in total. The summed E-state index contributed by atoms with van der Waals surface area (Å²) >= 11 is 0. The number of nitrogens with zero attached hydrogens (tertiary/aromatic N) is 2. The predicted octanol–water partition coefficient (Wildman–Crippen LogP) is 3.07. The van der Waals surface area contributed by atoms with Gasteiger partial charge in [0.2, 0.25) is 0 Å². The quantitative estimate of drug-likeness (QED) is 0.680. The van der Waals surface area contributed by atoms with E-state index in [0.29, 0.717) is 6.54 Å². The van der Waals surface area contributed by atoms with Crippen molar-refractivity contribution in [2.24, 2.45) is 0 Å². The number of amides is 1. The molecule has 0 aliphatic heterocycles. The molecule has 114 valence electrons. The largest absolute Gasteiger partial charge is 0.286 e. The second-order valence-electron chi connectivity index (χ2n) is 4.83. The van der Waals surface area contributed by atoms with E-state index < -0.39 is 4.92 Å². The van der Waals surface area contributed by atoms with Crippen LogP contribution in [-0.4, -0.2) is 17.4 Å². The van der Waals surface area contributed by atoms with Gasteiger partial charge in [0.25, 0.3) is 11.6 Å². The van der Waals surface area contributed by atoms with E-state index in [-0.39, 0.29) is 17.2 Å². The van der Waals surface area contributed by atoms with Gasteiger partial charge in [0.05, 0.1) is 10.6 Å². The number of nitrogens with one attached hydrogen (secondary N) is 1. The number of nitro groups is 1. The van der Waals surface area contributed by atoms with Crippen LogP contribution in [0.4, 0.5) is 11.4 Å². The van der Waals surface area contributed by atoms with Gasteiger partial charge in [0.1, 0.15) is 0 Å². The summed E-state index contributed by atoms with van der Waals surface area (Å²) in [5.74, 6) is -0.383. The number of hydrazine groups is 1. The molecule has 2 aromatic carbocycles. The van der Waals surface area contributed by atoms with E-state index in [1.165, 1.54) is 18.2 Å². The van der Waals surface area contributed by atoms with E-state index in [4.69, 9.17) is 0 Å². The van der Waals surface area contributed by atoms with Gasteiger partial charge in [-0.3, -0.25) is 25.3 Å². The van der Waals surface area contributed by atoms with Gasteiger partial charge in [-0.1, -0.05) is 23.8 Å². The summed E-state index contributed by atoms with van der Waals surface area (Å²) in [6, 6.07) is 13.4. The summed E-state index contributed by atoms with van der Waals surface area (Å²) in [4.78, 5) is 22.5. The molecule has 0 saturated carbocycles. The minimum absolute atomic E-state index is 0.106. The van der Waals surface area contributed by atoms with Crippen molar-refractivity contribution in [2.75, 3.05) is 11.6 Å². The molecular weight excluding hydrogens is 282 g/mol. The zero-order chi connectivity index (χ0) is 16.1. The molecule has 0 saturated heterocycles. The van der Waals surface area contributed by atoms with E-state index in [2.05, 4.69) is 5.43 Å². The lowest BCUT2D eigenvalue weighted by molar-refractivity contribution is -0.384. The second-order valence-corrected chi connectivity index (χ2v) is 4.83. The fraction of sp³-hybridized carbons (Fsp3) is 0.188. The normalized spacial score (nSPS) is 10.1. The molecule has 0 radical (unpaired) electrons. The minimum Gasteiger partial charge on any atom is -0.286 e. The first-order chi connectivity index (χ1) is 10.5. The topological polar surface area (TPSA) is 75.5 Å². The minimum atomic E-state index is -0.520. The smallest absolute Gasteiger partial charge is 0.270 e. The third kappa shape index (κ3) is 3.60. The monoisotopic (exact) mass is 299 g/mol. The molecule has 1 N–H and O–H groups in total. The molecule has 6 heteroatoms. The van der Waals surface area contributed by atoms with Crippen molar-refractivity contribution < 1.29 is 9.72 Å². The predicted molar refractivity (Wildman–Crippen MR) is 84.8 cm³/mol. The van der Waals surface area contributed by atoms with Crippen LogP contribution in [0.25, 0.3) is 0 Å². The fourth-order valence-electron chi connectivity index (χ4n) is 2.00. The molecule has 0 fully saturated rings.